The Morgan fingerprint density at radius 1 is 1.40 bits per heavy atom. The zero-order valence-corrected chi connectivity index (χ0v) is 17.3. The molecule has 2 rings (SSSR count). The summed E-state index contributed by atoms with van der Waals surface area (Å²) in [6.45, 7) is 9.89. The maximum Gasteiger partial charge on any atom is 0.336 e. The van der Waals surface area contributed by atoms with Crippen LogP contribution in [-0.2, 0) is 28.6 Å². The fourth-order valence-corrected chi connectivity index (χ4v) is 3.42. The highest BCUT2D eigenvalue weighted by atomic mass is 16.6. The van der Waals surface area contributed by atoms with Crippen molar-refractivity contribution >= 4 is 17.9 Å². The third-order valence-electron chi connectivity index (χ3n) is 5.10. The van der Waals surface area contributed by atoms with Gasteiger partial charge in [-0.05, 0) is 31.4 Å². The van der Waals surface area contributed by atoms with Gasteiger partial charge in [-0.15, -0.1) is 0 Å². The second-order valence-corrected chi connectivity index (χ2v) is 7.49. The van der Waals surface area contributed by atoms with Crippen LogP contribution >= 0.6 is 0 Å². The molecule has 4 unspecified atom stereocenters. The maximum atomic E-state index is 12.4. The van der Waals surface area contributed by atoms with E-state index in [0.29, 0.717) is 19.3 Å². The lowest BCUT2D eigenvalue weighted by atomic mass is 9.85. The van der Waals surface area contributed by atoms with Crippen LogP contribution in [0.25, 0.3) is 0 Å². The molecule has 2 N–H and O–H groups in total. The van der Waals surface area contributed by atoms with Crippen LogP contribution < -0.4 is 0 Å². The van der Waals surface area contributed by atoms with Crippen LogP contribution in [0.3, 0.4) is 0 Å². The smallest absolute Gasteiger partial charge is 0.336 e. The number of aliphatic hydroxyl groups is 2. The Labute approximate surface area is 175 Å². The van der Waals surface area contributed by atoms with E-state index < -0.39 is 48.7 Å². The second-order valence-electron chi connectivity index (χ2n) is 7.49. The minimum atomic E-state index is -1.44. The number of esters is 3. The number of hydrogen-bond acceptors (Lipinski definition) is 8. The number of allylic oxidation sites excluding steroid dienone is 1. The van der Waals surface area contributed by atoms with E-state index in [9.17, 15) is 19.5 Å². The topological polar surface area (TPSA) is 119 Å². The minimum Gasteiger partial charge on any atom is -0.461 e. The van der Waals surface area contributed by atoms with Gasteiger partial charge in [-0.3, -0.25) is 4.79 Å². The Balaban J connectivity index is 2.36. The summed E-state index contributed by atoms with van der Waals surface area (Å²) in [5.74, 6) is -2.54. The van der Waals surface area contributed by atoms with E-state index in [4.69, 9.17) is 19.3 Å². The fraction of sp³-hybridized carbons (Fsp3) is 0.500. The molecule has 0 spiro atoms. The van der Waals surface area contributed by atoms with Crippen LogP contribution in [0.15, 0.2) is 47.6 Å². The molecule has 1 heterocycles. The van der Waals surface area contributed by atoms with Crippen LogP contribution in [0, 0.1) is 5.92 Å². The Kier molecular flexibility index (Phi) is 8.14. The highest BCUT2D eigenvalue weighted by molar-refractivity contribution is 5.92. The van der Waals surface area contributed by atoms with Gasteiger partial charge in [0.25, 0.3) is 0 Å². The quantitative estimate of drug-likeness (QED) is 0.287. The lowest BCUT2D eigenvalue weighted by molar-refractivity contribution is -0.148. The molecule has 8 nitrogen and oxygen atoms in total. The lowest BCUT2D eigenvalue weighted by Gasteiger charge is -2.28. The average molecular weight is 420 g/mol. The summed E-state index contributed by atoms with van der Waals surface area (Å²) >= 11 is 0. The van der Waals surface area contributed by atoms with Crippen molar-refractivity contribution < 1.29 is 38.8 Å². The van der Waals surface area contributed by atoms with Crippen LogP contribution in [0.5, 0.6) is 0 Å². The number of aliphatic hydroxyl groups excluding tert-OH is 2. The monoisotopic (exact) mass is 420 g/mol. The molecule has 164 valence electrons. The van der Waals surface area contributed by atoms with Gasteiger partial charge in [0.15, 0.2) is 0 Å². The lowest BCUT2D eigenvalue weighted by Crippen LogP contribution is -2.35. The van der Waals surface area contributed by atoms with E-state index >= 15 is 0 Å². The van der Waals surface area contributed by atoms with E-state index in [1.54, 1.807) is 6.08 Å². The summed E-state index contributed by atoms with van der Waals surface area (Å²) in [6, 6.07) is 0. The first-order chi connectivity index (χ1) is 14.1. The third kappa shape index (κ3) is 5.90. The van der Waals surface area contributed by atoms with Crippen molar-refractivity contribution in [3.63, 3.8) is 0 Å². The molecule has 1 aliphatic heterocycles. The number of ether oxygens (including phenoxy) is 3. The van der Waals surface area contributed by atoms with Gasteiger partial charge in [-0.1, -0.05) is 24.8 Å². The van der Waals surface area contributed by atoms with Crippen molar-refractivity contribution in [1.82, 2.24) is 0 Å². The molecule has 1 saturated heterocycles. The van der Waals surface area contributed by atoms with E-state index in [1.165, 1.54) is 6.92 Å². The second kappa shape index (κ2) is 10.4. The minimum absolute atomic E-state index is 0.0689. The summed E-state index contributed by atoms with van der Waals surface area (Å²) in [7, 11) is 0. The number of carbonyl (C=O) groups is 3. The summed E-state index contributed by atoms with van der Waals surface area (Å²) in [5.41, 5.74) is 1.59. The van der Waals surface area contributed by atoms with Gasteiger partial charge < -0.3 is 24.4 Å². The van der Waals surface area contributed by atoms with E-state index in [0.717, 1.165) is 11.1 Å². The Hall–Kier alpha value is -2.71. The number of hydrogen-bond donors (Lipinski definition) is 2. The van der Waals surface area contributed by atoms with Crippen molar-refractivity contribution in [2.45, 2.75) is 51.4 Å². The van der Waals surface area contributed by atoms with Crippen LogP contribution in [0.1, 0.15) is 33.1 Å². The largest absolute Gasteiger partial charge is 0.461 e. The molecule has 1 fully saturated rings. The average Bonchev–Trinajstić information content (AvgIpc) is 2.97. The predicted octanol–water partition coefficient (Wildman–Crippen LogP) is 1.53. The van der Waals surface area contributed by atoms with Gasteiger partial charge >= 0.3 is 17.9 Å². The van der Waals surface area contributed by atoms with Gasteiger partial charge in [0.2, 0.25) is 0 Å². The molecule has 0 aromatic rings. The third-order valence-corrected chi connectivity index (χ3v) is 5.10. The first-order valence-corrected chi connectivity index (χ1v) is 9.71. The van der Waals surface area contributed by atoms with Crippen molar-refractivity contribution in [3.05, 3.63) is 47.6 Å². The van der Waals surface area contributed by atoms with Crippen LogP contribution in [-0.4, -0.2) is 59.6 Å². The zero-order valence-electron chi connectivity index (χ0n) is 17.3. The summed E-state index contributed by atoms with van der Waals surface area (Å²) in [4.78, 5) is 35.9. The SMILES string of the molecule is C=C(C(=O)OC1CC(C)=CCCC(COC(C)=O)=CC2OC(=O)C(=C)C21)C(O)CO. The number of rotatable bonds is 6. The summed E-state index contributed by atoms with van der Waals surface area (Å²) in [6.07, 6.45) is 2.34. The Morgan fingerprint density at radius 2 is 2.10 bits per heavy atom. The fourth-order valence-electron chi connectivity index (χ4n) is 3.42. The molecule has 8 heteroatoms. The molecule has 0 bridgehead atoms. The summed E-state index contributed by atoms with van der Waals surface area (Å²) in [5, 5.41) is 18.7. The highest BCUT2D eigenvalue weighted by Gasteiger charge is 2.44. The zero-order chi connectivity index (χ0) is 22.4. The Morgan fingerprint density at radius 3 is 2.73 bits per heavy atom. The standard InChI is InChI=1S/C22H28O8/c1-12-6-5-7-16(11-28-15(4)24)9-19-20(14(3)22(27)30-19)18(8-12)29-21(26)13(2)17(25)10-23/h6,9,17-20,23,25H,2-3,5,7-8,10-11H2,1,4H3. The van der Waals surface area contributed by atoms with Gasteiger partial charge in [-0.2, -0.15) is 0 Å². The van der Waals surface area contributed by atoms with E-state index in [2.05, 4.69) is 13.2 Å². The van der Waals surface area contributed by atoms with Crippen molar-refractivity contribution in [2.75, 3.05) is 13.2 Å². The molecule has 0 radical (unpaired) electrons. The molecule has 0 saturated carbocycles. The molecule has 0 aromatic carbocycles. The van der Waals surface area contributed by atoms with Gasteiger partial charge in [0.05, 0.1) is 18.1 Å². The van der Waals surface area contributed by atoms with E-state index in [1.807, 2.05) is 13.0 Å². The molecule has 1 aliphatic carbocycles. The number of carbonyl (C=O) groups excluding carboxylic acids is 3. The molecular formula is C22H28O8. The maximum absolute atomic E-state index is 12.4. The molecule has 30 heavy (non-hydrogen) atoms. The Bertz CT molecular complexity index is 791. The van der Waals surface area contributed by atoms with E-state index in [-0.39, 0.29) is 17.8 Å². The van der Waals surface area contributed by atoms with Crippen LogP contribution in [0.4, 0.5) is 0 Å². The van der Waals surface area contributed by atoms with Crippen molar-refractivity contribution in [1.29, 1.82) is 0 Å². The molecule has 0 aromatic heterocycles. The molecule has 0 amide bonds. The van der Waals surface area contributed by atoms with Gasteiger partial charge in [-0.25, -0.2) is 9.59 Å². The van der Waals surface area contributed by atoms with Crippen molar-refractivity contribution in [3.8, 4) is 0 Å². The molecule has 4 atom stereocenters. The number of fused-ring (bicyclic) bond motifs is 1. The first-order valence-electron chi connectivity index (χ1n) is 9.71. The first kappa shape index (κ1) is 23.6. The summed E-state index contributed by atoms with van der Waals surface area (Å²) < 4.78 is 16.1. The van der Waals surface area contributed by atoms with Crippen molar-refractivity contribution in [2.24, 2.45) is 5.92 Å². The van der Waals surface area contributed by atoms with Gasteiger partial charge in [0.1, 0.15) is 24.9 Å². The molecule has 2 aliphatic rings. The normalized spacial score (nSPS) is 25.3. The van der Waals surface area contributed by atoms with Gasteiger partial charge in [0, 0.05) is 18.9 Å². The molecular weight excluding hydrogens is 392 g/mol. The highest BCUT2D eigenvalue weighted by Crippen LogP contribution is 2.36. The predicted molar refractivity (Wildman–Crippen MR) is 107 cm³/mol. The van der Waals surface area contributed by atoms with Crippen LogP contribution in [0.2, 0.25) is 0 Å².